The van der Waals surface area contributed by atoms with Crippen LogP contribution in [0.3, 0.4) is 0 Å². The van der Waals surface area contributed by atoms with Crippen molar-refractivity contribution < 1.29 is 41.1 Å². The summed E-state index contributed by atoms with van der Waals surface area (Å²) in [6.45, 7) is 4.93. The number of fused-ring (bicyclic) bond motifs is 1. The number of carbonyl (C=O) groups excluding carboxylic acids is 1. The molecule has 2 fully saturated rings. The molecule has 0 bridgehead atoms. The molecule has 0 aromatic heterocycles. The number of benzene rings is 1. The molecule has 2 heterocycles. The Bertz CT molecular complexity index is 787. The minimum absolute atomic E-state index is 0.00219. The fraction of sp³-hybridized carbons (Fsp3) is 0.588. The number of rotatable bonds is 5. The maximum Gasteiger partial charge on any atom is 0.508 e. The normalized spacial score (nSPS) is 29.3. The lowest BCUT2D eigenvalue weighted by Gasteiger charge is -2.25. The lowest BCUT2D eigenvalue weighted by Crippen LogP contribution is -2.40. The molecule has 1 unspecified atom stereocenters. The van der Waals surface area contributed by atoms with Crippen LogP contribution >= 0.6 is 0 Å². The Morgan fingerprint density at radius 3 is 2.48 bits per heavy atom. The van der Waals surface area contributed by atoms with E-state index in [2.05, 4.69) is 4.74 Å². The number of methoxy groups -OCH3 is 1. The number of aryl methyl sites for hydroxylation is 1. The van der Waals surface area contributed by atoms with E-state index in [1.165, 1.54) is 12.1 Å². The molecule has 0 spiro atoms. The van der Waals surface area contributed by atoms with Gasteiger partial charge in [-0.25, -0.2) is 4.79 Å². The van der Waals surface area contributed by atoms with Crippen molar-refractivity contribution in [1.29, 1.82) is 0 Å². The Morgan fingerprint density at radius 1 is 1.19 bits per heavy atom. The molecule has 9 nitrogen and oxygen atoms in total. The maximum absolute atomic E-state index is 12.7. The molecule has 3 rings (SSSR count). The summed E-state index contributed by atoms with van der Waals surface area (Å²) in [7, 11) is -2.94. The summed E-state index contributed by atoms with van der Waals surface area (Å²) in [5, 5.41) is 0. The highest BCUT2D eigenvalue weighted by molar-refractivity contribution is 7.86. The molecule has 0 radical (unpaired) electrons. The van der Waals surface area contributed by atoms with Crippen LogP contribution in [0.1, 0.15) is 19.4 Å². The second-order valence-corrected chi connectivity index (χ2v) is 8.31. The van der Waals surface area contributed by atoms with Crippen molar-refractivity contribution in [1.82, 2.24) is 0 Å². The number of hydrogen-bond donors (Lipinski definition) is 0. The van der Waals surface area contributed by atoms with Gasteiger partial charge in [-0.05, 0) is 32.9 Å². The highest BCUT2D eigenvalue weighted by Gasteiger charge is 2.57. The van der Waals surface area contributed by atoms with E-state index < -0.39 is 46.7 Å². The third-order valence-corrected chi connectivity index (χ3v) is 5.49. The average molecular weight is 402 g/mol. The van der Waals surface area contributed by atoms with Crippen LogP contribution in [0.15, 0.2) is 29.2 Å². The molecule has 2 aliphatic heterocycles. The lowest BCUT2D eigenvalue weighted by molar-refractivity contribution is -0.216. The molecule has 10 heteroatoms. The van der Waals surface area contributed by atoms with E-state index >= 15 is 0 Å². The first-order valence-electron chi connectivity index (χ1n) is 8.33. The second kappa shape index (κ2) is 7.36. The van der Waals surface area contributed by atoms with Crippen LogP contribution in [-0.2, 0) is 38.0 Å². The summed E-state index contributed by atoms with van der Waals surface area (Å²) in [5.74, 6) is -0.960. The second-order valence-electron chi connectivity index (χ2n) is 6.74. The van der Waals surface area contributed by atoms with Crippen molar-refractivity contribution in [3.8, 4) is 0 Å². The number of ether oxygens (including phenoxy) is 5. The van der Waals surface area contributed by atoms with Gasteiger partial charge in [0.05, 0.1) is 12.0 Å². The molecule has 0 amide bonds. The van der Waals surface area contributed by atoms with Crippen LogP contribution in [0.5, 0.6) is 0 Å². The third kappa shape index (κ3) is 4.41. The first-order valence-corrected chi connectivity index (χ1v) is 9.74. The summed E-state index contributed by atoms with van der Waals surface area (Å²) in [6, 6.07) is 6.24. The zero-order valence-corrected chi connectivity index (χ0v) is 16.2. The Hall–Kier alpha value is -1.72. The summed E-state index contributed by atoms with van der Waals surface area (Å²) in [5.41, 5.74) is 0.914. The standard InChI is InChI=1S/C17H22O9S/c1-10-5-7-11(8-6-10)27(19,20)26-13-12(9-22-16(18)21-4)23-15-14(13)24-17(2,3)25-15/h5-8,12-15H,9H2,1-4H3/t12-,13+,14-,15?/m1/s1. The Kier molecular flexibility index (Phi) is 5.46. The summed E-state index contributed by atoms with van der Waals surface area (Å²) >= 11 is 0. The lowest BCUT2D eigenvalue weighted by atomic mass is 10.1. The topological polar surface area (TPSA) is 107 Å². The molecule has 2 saturated heterocycles. The molecule has 1 aromatic carbocycles. The summed E-state index contributed by atoms with van der Waals surface area (Å²) in [6.07, 6.45) is -4.53. The molecule has 27 heavy (non-hydrogen) atoms. The van der Waals surface area contributed by atoms with E-state index in [1.54, 1.807) is 26.0 Å². The van der Waals surface area contributed by atoms with Crippen molar-refractivity contribution in [2.75, 3.05) is 13.7 Å². The van der Waals surface area contributed by atoms with Crippen molar-refractivity contribution in [2.45, 2.75) is 56.1 Å². The van der Waals surface area contributed by atoms with E-state index in [-0.39, 0.29) is 11.5 Å². The Balaban J connectivity index is 1.80. The van der Waals surface area contributed by atoms with Gasteiger partial charge < -0.3 is 23.7 Å². The predicted octanol–water partition coefficient (Wildman–Crippen LogP) is 1.73. The first-order chi connectivity index (χ1) is 12.6. The molecule has 4 atom stereocenters. The quantitative estimate of drug-likeness (QED) is 0.537. The highest BCUT2D eigenvalue weighted by Crippen LogP contribution is 2.39. The number of carbonyl (C=O) groups is 1. The smallest absolute Gasteiger partial charge is 0.438 e. The molecule has 1 aromatic rings. The molecule has 2 aliphatic rings. The highest BCUT2D eigenvalue weighted by atomic mass is 32.2. The van der Waals surface area contributed by atoms with E-state index in [0.29, 0.717) is 0 Å². The van der Waals surface area contributed by atoms with Crippen LogP contribution < -0.4 is 0 Å². The fourth-order valence-electron chi connectivity index (χ4n) is 2.91. The maximum atomic E-state index is 12.7. The van der Waals surface area contributed by atoms with Gasteiger partial charge in [0.25, 0.3) is 10.1 Å². The Morgan fingerprint density at radius 2 is 1.85 bits per heavy atom. The first kappa shape index (κ1) is 20.0. The molecule has 0 saturated carbocycles. The van der Waals surface area contributed by atoms with Gasteiger partial charge in [0.1, 0.15) is 24.9 Å². The zero-order valence-electron chi connectivity index (χ0n) is 15.4. The van der Waals surface area contributed by atoms with Crippen LogP contribution in [-0.4, -0.2) is 58.7 Å². The van der Waals surface area contributed by atoms with E-state index in [9.17, 15) is 13.2 Å². The number of hydrogen-bond acceptors (Lipinski definition) is 9. The van der Waals surface area contributed by atoms with E-state index in [0.717, 1.165) is 12.7 Å². The average Bonchev–Trinajstić information content (AvgIpc) is 3.05. The monoisotopic (exact) mass is 402 g/mol. The van der Waals surface area contributed by atoms with Gasteiger partial charge >= 0.3 is 6.16 Å². The van der Waals surface area contributed by atoms with Crippen LogP contribution in [0.25, 0.3) is 0 Å². The van der Waals surface area contributed by atoms with Gasteiger partial charge in [-0.2, -0.15) is 8.42 Å². The molecular formula is C17H22O9S. The summed E-state index contributed by atoms with van der Waals surface area (Å²) in [4.78, 5) is 11.2. The van der Waals surface area contributed by atoms with Gasteiger partial charge in [-0.1, -0.05) is 17.7 Å². The Labute approximate surface area is 157 Å². The van der Waals surface area contributed by atoms with Crippen molar-refractivity contribution in [2.24, 2.45) is 0 Å². The van der Waals surface area contributed by atoms with E-state index in [1.807, 2.05) is 6.92 Å². The molecule has 150 valence electrons. The predicted molar refractivity (Wildman–Crippen MR) is 90.3 cm³/mol. The molecular weight excluding hydrogens is 380 g/mol. The molecule has 0 N–H and O–H groups in total. The largest absolute Gasteiger partial charge is 0.508 e. The van der Waals surface area contributed by atoms with Gasteiger partial charge in [0, 0.05) is 0 Å². The van der Waals surface area contributed by atoms with Gasteiger partial charge in [-0.3, -0.25) is 4.18 Å². The van der Waals surface area contributed by atoms with Gasteiger partial charge in [-0.15, -0.1) is 0 Å². The SMILES string of the molecule is COC(=O)OC[C@H]1OC2OC(C)(C)O[C@@H]2[C@H]1OS(=O)(=O)c1ccc(C)cc1. The minimum Gasteiger partial charge on any atom is -0.438 e. The van der Waals surface area contributed by atoms with Crippen LogP contribution in [0, 0.1) is 6.92 Å². The van der Waals surface area contributed by atoms with E-state index in [4.69, 9.17) is 23.1 Å². The van der Waals surface area contributed by atoms with Crippen molar-refractivity contribution >= 4 is 16.3 Å². The molecule has 0 aliphatic carbocycles. The summed E-state index contributed by atoms with van der Waals surface area (Å²) < 4.78 is 57.1. The van der Waals surface area contributed by atoms with Gasteiger partial charge in [0.2, 0.25) is 0 Å². The third-order valence-electron chi connectivity index (χ3n) is 4.17. The van der Waals surface area contributed by atoms with Gasteiger partial charge in [0.15, 0.2) is 12.1 Å². The van der Waals surface area contributed by atoms with Crippen LogP contribution in [0.2, 0.25) is 0 Å². The zero-order chi connectivity index (χ0) is 19.8. The minimum atomic E-state index is -4.10. The van der Waals surface area contributed by atoms with Crippen molar-refractivity contribution in [3.63, 3.8) is 0 Å². The van der Waals surface area contributed by atoms with Crippen LogP contribution in [0.4, 0.5) is 4.79 Å². The van der Waals surface area contributed by atoms with Crippen molar-refractivity contribution in [3.05, 3.63) is 29.8 Å². The fourth-order valence-corrected chi connectivity index (χ4v) is 4.02.